The first kappa shape index (κ1) is 18.5. The molecule has 128 valence electrons. The number of aliphatic hydroxyl groups is 1. The summed E-state index contributed by atoms with van der Waals surface area (Å²) in [5.41, 5.74) is 3.37. The minimum Gasteiger partial charge on any atom is -0.872 e. The van der Waals surface area contributed by atoms with Gasteiger partial charge in [-0.1, -0.05) is 25.5 Å². The number of fused-ring (bicyclic) bond motifs is 4. The number of aromatic amines is 1. The Kier molecular flexibility index (Phi) is 4.89. The molecule has 0 radical (unpaired) electrons. The number of aliphatic hydroxyl groups excluding tert-OH is 1. The molecule has 3 aliphatic heterocycles. The first-order valence-corrected chi connectivity index (χ1v) is 9.33. The standard InChI is InChI=1S/C20H26N2O2.K/c1-2-13-7-12-9-20(11-23)18-15(5-6-22(10-12)19(13)20)16-8-14(24)3-4-17(16)21-18;/h3-4,8,12-13,19,21,23-24H,2,5-7,9-11H2,1H3;/q;+1/p-1/t12-,13+,19+,20-;/m1./s1. The maximum absolute atomic E-state index is 11.9. The van der Waals surface area contributed by atoms with Crippen LogP contribution in [-0.2, 0) is 11.8 Å². The molecule has 4 bridgehead atoms. The normalized spacial score (nSPS) is 35.9. The summed E-state index contributed by atoms with van der Waals surface area (Å²) in [5, 5.41) is 23.5. The van der Waals surface area contributed by atoms with Gasteiger partial charge in [-0.05, 0) is 42.7 Å². The number of benzene rings is 1. The number of nitrogens with zero attached hydrogens (tertiary/aromatic N) is 1. The van der Waals surface area contributed by atoms with Gasteiger partial charge in [0, 0.05) is 41.1 Å². The maximum Gasteiger partial charge on any atom is 1.00 e. The van der Waals surface area contributed by atoms with Crippen molar-refractivity contribution in [3.63, 3.8) is 0 Å². The summed E-state index contributed by atoms with van der Waals surface area (Å²) in [4.78, 5) is 6.28. The average Bonchev–Trinajstić information content (AvgIpc) is 2.93. The van der Waals surface area contributed by atoms with Crippen molar-refractivity contribution in [1.29, 1.82) is 0 Å². The van der Waals surface area contributed by atoms with Crippen molar-refractivity contribution < 1.29 is 61.6 Å². The summed E-state index contributed by atoms with van der Waals surface area (Å²) in [7, 11) is 0. The molecule has 2 N–H and O–H groups in total. The smallest absolute Gasteiger partial charge is 0.872 e. The van der Waals surface area contributed by atoms with Crippen LogP contribution in [-0.4, -0.2) is 40.7 Å². The Morgan fingerprint density at radius 3 is 3.00 bits per heavy atom. The van der Waals surface area contributed by atoms with Gasteiger partial charge in [-0.2, -0.15) is 0 Å². The van der Waals surface area contributed by atoms with E-state index in [0.717, 1.165) is 30.3 Å². The Hall–Kier alpha value is 0.116. The van der Waals surface area contributed by atoms with Gasteiger partial charge in [-0.3, -0.25) is 4.90 Å². The predicted octanol–water partition coefficient (Wildman–Crippen LogP) is -0.848. The number of H-pyrrole nitrogens is 1. The van der Waals surface area contributed by atoms with Gasteiger partial charge in [0.25, 0.3) is 0 Å². The molecule has 4 heterocycles. The Morgan fingerprint density at radius 1 is 1.40 bits per heavy atom. The van der Waals surface area contributed by atoms with E-state index in [2.05, 4.69) is 16.8 Å². The van der Waals surface area contributed by atoms with Gasteiger partial charge in [0.2, 0.25) is 0 Å². The van der Waals surface area contributed by atoms with Gasteiger partial charge in [-0.15, -0.1) is 5.75 Å². The molecular weight excluding hydrogens is 339 g/mol. The fraction of sp³-hybridized carbons (Fsp3) is 0.600. The number of rotatable bonds is 2. The molecule has 4 nitrogen and oxygen atoms in total. The molecule has 3 fully saturated rings. The Morgan fingerprint density at radius 2 is 2.24 bits per heavy atom. The predicted molar refractivity (Wildman–Crippen MR) is 92.1 cm³/mol. The van der Waals surface area contributed by atoms with Crippen LogP contribution >= 0.6 is 0 Å². The second-order valence-corrected chi connectivity index (χ2v) is 8.16. The number of hydrogen-bond acceptors (Lipinski definition) is 3. The number of nitrogens with one attached hydrogen (secondary N) is 1. The molecule has 2 aromatic rings. The molecule has 5 atom stereocenters. The third kappa shape index (κ3) is 2.54. The van der Waals surface area contributed by atoms with Crippen molar-refractivity contribution in [3.8, 4) is 5.75 Å². The zero-order valence-corrected chi connectivity index (χ0v) is 18.3. The van der Waals surface area contributed by atoms with E-state index in [4.69, 9.17) is 0 Å². The largest absolute Gasteiger partial charge is 1.00 e. The molecule has 0 spiro atoms. The van der Waals surface area contributed by atoms with Crippen LogP contribution in [0.5, 0.6) is 5.75 Å². The fourth-order valence-corrected chi connectivity index (χ4v) is 6.23. The molecule has 4 aliphatic rings. The van der Waals surface area contributed by atoms with Crippen molar-refractivity contribution in [2.45, 2.75) is 44.1 Å². The topological polar surface area (TPSA) is 62.3 Å². The summed E-state index contributed by atoms with van der Waals surface area (Å²) < 4.78 is 0. The SMILES string of the molecule is CC[C@H]1C[C@H]2CN3CCc4c([nH]c5ccc([O-])cc45)[C@](CO)(C2)[C@H]13.[K+]. The number of hydrogen-bond donors (Lipinski definition) is 2. The van der Waals surface area contributed by atoms with Crippen LogP contribution in [0.3, 0.4) is 0 Å². The molecule has 5 heteroatoms. The summed E-state index contributed by atoms with van der Waals surface area (Å²) in [5.74, 6) is 1.42. The van der Waals surface area contributed by atoms with Crippen LogP contribution < -0.4 is 56.5 Å². The van der Waals surface area contributed by atoms with Gasteiger partial charge < -0.3 is 15.2 Å². The van der Waals surface area contributed by atoms with E-state index in [9.17, 15) is 10.2 Å². The molecule has 25 heavy (non-hydrogen) atoms. The summed E-state index contributed by atoms with van der Waals surface area (Å²) >= 11 is 0. The third-order valence-electron chi connectivity index (χ3n) is 7.02. The van der Waals surface area contributed by atoms with Crippen molar-refractivity contribution >= 4 is 10.9 Å². The van der Waals surface area contributed by atoms with Gasteiger partial charge in [-0.25, -0.2) is 0 Å². The minimum atomic E-state index is -0.185. The van der Waals surface area contributed by atoms with Crippen LogP contribution in [0, 0.1) is 11.8 Å². The van der Waals surface area contributed by atoms with Gasteiger partial charge in [0.1, 0.15) is 0 Å². The first-order chi connectivity index (χ1) is 11.7. The van der Waals surface area contributed by atoms with Crippen LogP contribution in [0.1, 0.15) is 37.4 Å². The molecule has 2 saturated heterocycles. The molecule has 1 saturated carbocycles. The van der Waals surface area contributed by atoms with E-state index in [0.29, 0.717) is 17.9 Å². The van der Waals surface area contributed by atoms with E-state index in [1.165, 1.54) is 30.6 Å². The molecule has 0 amide bonds. The molecule has 1 aromatic heterocycles. The van der Waals surface area contributed by atoms with Crippen LogP contribution in [0.25, 0.3) is 10.9 Å². The average molecular weight is 365 g/mol. The minimum absolute atomic E-state index is 0. The van der Waals surface area contributed by atoms with E-state index in [1.54, 1.807) is 12.1 Å². The quantitative estimate of drug-likeness (QED) is 0.683. The number of aromatic nitrogens is 1. The zero-order chi connectivity index (χ0) is 16.5. The fourth-order valence-electron chi connectivity index (χ4n) is 6.23. The van der Waals surface area contributed by atoms with Gasteiger partial charge in [0.05, 0.1) is 6.61 Å². The van der Waals surface area contributed by atoms with Crippen LogP contribution in [0.15, 0.2) is 18.2 Å². The number of piperidine rings is 2. The summed E-state index contributed by atoms with van der Waals surface area (Å²) in [6, 6.07) is 5.75. The molecule has 1 aliphatic carbocycles. The van der Waals surface area contributed by atoms with Crippen molar-refractivity contribution in [3.05, 3.63) is 29.5 Å². The molecule has 1 aromatic carbocycles. The second kappa shape index (κ2) is 6.62. The Balaban J connectivity index is 0.00000157. The van der Waals surface area contributed by atoms with Crippen LogP contribution in [0.4, 0.5) is 0 Å². The molecule has 1 unspecified atom stereocenters. The summed E-state index contributed by atoms with van der Waals surface area (Å²) in [6.07, 6.45) is 4.53. The van der Waals surface area contributed by atoms with Crippen molar-refractivity contribution in [1.82, 2.24) is 9.88 Å². The zero-order valence-electron chi connectivity index (χ0n) is 15.2. The van der Waals surface area contributed by atoms with Crippen molar-refractivity contribution in [2.75, 3.05) is 19.7 Å². The molecular formula is C20H25KN2O2. The monoisotopic (exact) mass is 364 g/mol. The first-order valence-electron chi connectivity index (χ1n) is 9.33. The van der Waals surface area contributed by atoms with E-state index in [1.807, 2.05) is 6.07 Å². The van der Waals surface area contributed by atoms with E-state index < -0.39 is 0 Å². The molecule has 6 rings (SSSR count). The third-order valence-corrected chi connectivity index (χ3v) is 7.02. The summed E-state index contributed by atoms with van der Waals surface area (Å²) in [6.45, 7) is 4.71. The van der Waals surface area contributed by atoms with E-state index >= 15 is 0 Å². The Bertz CT molecular complexity index is 804. The van der Waals surface area contributed by atoms with Gasteiger partial charge in [0.15, 0.2) is 0 Å². The van der Waals surface area contributed by atoms with Gasteiger partial charge >= 0.3 is 51.4 Å². The van der Waals surface area contributed by atoms with Crippen LogP contribution in [0.2, 0.25) is 0 Å². The van der Waals surface area contributed by atoms with E-state index in [-0.39, 0.29) is 69.2 Å². The van der Waals surface area contributed by atoms with Crippen molar-refractivity contribution in [2.24, 2.45) is 11.8 Å². The second-order valence-electron chi connectivity index (χ2n) is 8.16. The Labute approximate surface area is 191 Å². The maximum atomic E-state index is 11.9.